The number of hydrogen-bond acceptors (Lipinski definition) is 5. The van der Waals surface area contributed by atoms with E-state index < -0.39 is 0 Å². The second-order valence-corrected chi connectivity index (χ2v) is 6.07. The van der Waals surface area contributed by atoms with E-state index in [9.17, 15) is 9.59 Å². The molecule has 1 aromatic rings. The molecule has 0 saturated carbocycles. The Balaban J connectivity index is 2.09. The van der Waals surface area contributed by atoms with E-state index in [1.807, 2.05) is 6.92 Å². The van der Waals surface area contributed by atoms with E-state index in [1.165, 1.54) is 17.7 Å². The molecule has 0 aliphatic carbocycles. The van der Waals surface area contributed by atoms with E-state index in [1.54, 1.807) is 20.2 Å². The molecule has 1 aliphatic heterocycles. The first-order valence-electron chi connectivity index (χ1n) is 8.06. The van der Waals surface area contributed by atoms with E-state index in [2.05, 4.69) is 20.2 Å². The number of carbonyl (C=O) groups is 2. The van der Waals surface area contributed by atoms with Crippen LogP contribution in [-0.4, -0.2) is 60.4 Å². The van der Waals surface area contributed by atoms with Crippen LogP contribution in [0.25, 0.3) is 0 Å². The molecular weight excluding hydrogens is 294 g/mol. The van der Waals surface area contributed by atoms with Gasteiger partial charge in [0.2, 0.25) is 11.9 Å². The van der Waals surface area contributed by atoms with Gasteiger partial charge in [0.05, 0.1) is 6.54 Å². The van der Waals surface area contributed by atoms with Gasteiger partial charge in [-0.2, -0.15) is 0 Å². The lowest BCUT2D eigenvalue weighted by molar-refractivity contribution is -0.127. The number of aryl methyl sites for hydroxylation is 1. The third-order valence-electron chi connectivity index (χ3n) is 3.86. The molecule has 7 nitrogen and oxygen atoms in total. The summed E-state index contributed by atoms with van der Waals surface area (Å²) in [5.41, 5.74) is 1.06. The second kappa shape index (κ2) is 7.89. The number of likely N-dealkylation sites (N-methyl/N-ethyl adjacent to an activating group) is 1. The van der Waals surface area contributed by atoms with Crippen LogP contribution in [0.4, 0.5) is 5.95 Å². The van der Waals surface area contributed by atoms with Crippen LogP contribution in [0, 0.1) is 6.92 Å². The van der Waals surface area contributed by atoms with Gasteiger partial charge in [0.25, 0.3) is 5.91 Å². The van der Waals surface area contributed by atoms with E-state index in [0.717, 1.165) is 31.6 Å². The number of aromatic nitrogens is 2. The smallest absolute Gasteiger partial charge is 0.270 e. The predicted octanol–water partition coefficient (Wildman–Crippen LogP) is 0.983. The van der Waals surface area contributed by atoms with Gasteiger partial charge >= 0.3 is 0 Å². The Morgan fingerprint density at radius 2 is 1.83 bits per heavy atom. The molecule has 1 saturated heterocycles. The van der Waals surface area contributed by atoms with Gasteiger partial charge in [0, 0.05) is 32.9 Å². The van der Waals surface area contributed by atoms with Crippen LogP contribution in [0.5, 0.6) is 0 Å². The van der Waals surface area contributed by atoms with E-state index in [0.29, 0.717) is 11.6 Å². The third kappa shape index (κ3) is 4.91. The largest absolute Gasteiger partial charge is 0.347 e. The molecule has 0 aromatic carbocycles. The number of hydrogen-bond donors (Lipinski definition) is 1. The lowest BCUT2D eigenvalue weighted by Crippen LogP contribution is -2.37. The lowest BCUT2D eigenvalue weighted by atomic mass is 10.2. The minimum absolute atomic E-state index is 0.0338. The summed E-state index contributed by atoms with van der Waals surface area (Å²) in [5.74, 6) is 0.106. The van der Waals surface area contributed by atoms with Crippen LogP contribution in [0.2, 0.25) is 0 Å². The van der Waals surface area contributed by atoms with Crippen LogP contribution in [0.15, 0.2) is 6.07 Å². The minimum Gasteiger partial charge on any atom is -0.347 e. The van der Waals surface area contributed by atoms with Crippen LogP contribution < -0.4 is 10.2 Å². The SMILES string of the molecule is Cc1cc(C(=O)NCC(=O)N(C)C)nc(N2CCCCCC2)n1. The zero-order chi connectivity index (χ0) is 16.8. The number of nitrogens with one attached hydrogen (secondary N) is 1. The Bertz CT molecular complexity index is 566. The number of rotatable bonds is 4. The molecule has 1 fully saturated rings. The standard InChI is InChI=1S/C16H25N5O2/c1-12-10-13(15(23)17-11-14(22)20(2)3)19-16(18-12)21-8-6-4-5-7-9-21/h10H,4-9,11H2,1-3H3,(H,17,23). The highest BCUT2D eigenvalue weighted by Gasteiger charge is 2.17. The lowest BCUT2D eigenvalue weighted by Gasteiger charge is -2.21. The Labute approximate surface area is 137 Å². The van der Waals surface area contributed by atoms with E-state index in [-0.39, 0.29) is 18.4 Å². The fraction of sp³-hybridized carbons (Fsp3) is 0.625. The van der Waals surface area contributed by atoms with Gasteiger partial charge < -0.3 is 15.1 Å². The summed E-state index contributed by atoms with van der Waals surface area (Å²) < 4.78 is 0. The van der Waals surface area contributed by atoms with Crippen molar-refractivity contribution in [1.82, 2.24) is 20.2 Å². The second-order valence-electron chi connectivity index (χ2n) is 6.07. The van der Waals surface area contributed by atoms with Gasteiger partial charge in [0.1, 0.15) is 5.69 Å². The number of anilines is 1. The molecule has 1 N–H and O–H groups in total. The Hall–Kier alpha value is -2.18. The summed E-state index contributed by atoms with van der Waals surface area (Å²) in [4.78, 5) is 36.2. The maximum absolute atomic E-state index is 12.2. The van der Waals surface area contributed by atoms with Crippen molar-refractivity contribution < 1.29 is 9.59 Å². The minimum atomic E-state index is -0.346. The molecular formula is C16H25N5O2. The zero-order valence-corrected chi connectivity index (χ0v) is 14.1. The first-order valence-corrected chi connectivity index (χ1v) is 8.06. The normalized spacial score (nSPS) is 15.0. The van der Waals surface area contributed by atoms with Crippen LogP contribution in [0.1, 0.15) is 41.9 Å². The van der Waals surface area contributed by atoms with Crippen LogP contribution in [-0.2, 0) is 4.79 Å². The summed E-state index contributed by atoms with van der Waals surface area (Å²) >= 11 is 0. The van der Waals surface area contributed by atoms with Gasteiger partial charge in [-0.1, -0.05) is 12.8 Å². The molecule has 126 valence electrons. The molecule has 0 radical (unpaired) electrons. The average Bonchev–Trinajstić information content (AvgIpc) is 2.80. The summed E-state index contributed by atoms with van der Waals surface area (Å²) in [6.45, 7) is 3.66. The van der Waals surface area contributed by atoms with E-state index in [4.69, 9.17) is 0 Å². The highest BCUT2D eigenvalue weighted by Crippen LogP contribution is 2.16. The summed E-state index contributed by atoms with van der Waals surface area (Å²) in [7, 11) is 3.31. The highest BCUT2D eigenvalue weighted by molar-refractivity contribution is 5.95. The molecule has 2 heterocycles. The van der Waals surface area contributed by atoms with Crippen molar-refractivity contribution in [2.24, 2.45) is 0 Å². The molecule has 0 bridgehead atoms. The number of carbonyl (C=O) groups excluding carboxylic acids is 2. The number of amides is 2. The first-order chi connectivity index (χ1) is 11.0. The van der Waals surface area contributed by atoms with Crippen molar-refractivity contribution in [2.45, 2.75) is 32.6 Å². The van der Waals surface area contributed by atoms with Crippen molar-refractivity contribution in [1.29, 1.82) is 0 Å². The molecule has 7 heteroatoms. The maximum atomic E-state index is 12.2. The molecule has 2 amide bonds. The van der Waals surface area contributed by atoms with Crippen LogP contribution >= 0.6 is 0 Å². The average molecular weight is 319 g/mol. The molecule has 1 aliphatic rings. The fourth-order valence-corrected chi connectivity index (χ4v) is 2.49. The first kappa shape index (κ1) is 17.2. The fourth-order valence-electron chi connectivity index (χ4n) is 2.49. The Kier molecular flexibility index (Phi) is 5.90. The monoisotopic (exact) mass is 319 g/mol. The van der Waals surface area contributed by atoms with Crippen LogP contribution in [0.3, 0.4) is 0 Å². The molecule has 0 spiro atoms. The Morgan fingerprint density at radius 3 is 2.43 bits per heavy atom. The molecule has 2 rings (SSSR count). The topological polar surface area (TPSA) is 78.4 Å². The Morgan fingerprint density at radius 1 is 1.17 bits per heavy atom. The van der Waals surface area contributed by atoms with Crippen molar-refractivity contribution in [3.63, 3.8) is 0 Å². The molecule has 1 aromatic heterocycles. The van der Waals surface area contributed by atoms with Crippen molar-refractivity contribution in [3.8, 4) is 0 Å². The number of nitrogens with zero attached hydrogens (tertiary/aromatic N) is 4. The van der Waals surface area contributed by atoms with Crippen molar-refractivity contribution >= 4 is 17.8 Å². The van der Waals surface area contributed by atoms with Gasteiger partial charge in [-0.15, -0.1) is 0 Å². The molecule has 0 unspecified atom stereocenters. The quantitative estimate of drug-likeness (QED) is 0.895. The highest BCUT2D eigenvalue weighted by atomic mass is 16.2. The summed E-state index contributed by atoms with van der Waals surface area (Å²) in [6, 6.07) is 1.65. The van der Waals surface area contributed by atoms with Gasteiger partial charge in [0.15, 0.2) is 0 Å². The molecule has 0 atom stereocenters. The third-order valence-corrected chi connectivity index (χ3v) is 3.86. The predicted molar refractivity (Wildman–Crippen MR) is 88.5 cm³/mol. The van der Waals surface area contributed by atoms with Crippen molar-refractivity contribution in [3.05, 3.63) is 17.5 Å². The van der Waals surface area contributed by atoms with Gasteiger partial charge in [-0.3, -0.25) is 9.59 Å². The summed E-state index contributed by atoms with van der Waals surface area (Å²) in [6.07, 6.45) is 4.69. The molecule has 23 heavy (non-hydrogen) atoms. The zero-order valence-electron chi connectivity index (χ0n) is 14.1. The summed E-state index contributed by atoms with van der Waals surface area (Å²) in [5, 5.41) is 2.61. The van der Waals surface area contributed by atoms with E-state index >= 15 is 0 Å². The van der Waals surface area contributed by atoms with Gasteiger partial charge in [-0.05, 0) is 25.8 Å². The van der Waals surface area contributed by atoms with Gasteiger partial charge in [-0.25, -0.2) is 9.97 Å². The van der Waals surface area contributed by atoms with Crippen molar-refractivity contribution in [2.75, 3.05) is 38.6 Å². The maximum Gasteiger partial charge on any atom is 0.270 e.